The molecule has 2 unspecified atom stereocenters. The van der Waals surface area contributed by atoms with Crippen molar-refractivity contribution in [3.05, 3.63) is 0 Å². The Bertz CT molecular complexity index is 325. The molecule has 0 aromatic rings. The highest BCUT2D eigenvalue weighted by Crippen LogP contribution is 2.39. The highest BCUT2D eigenvalue weighted by atomic mass is 79.9. The first-order valence-corrected chi connectivity index (χ1v) is 7.06. The molecule has 0 aromatic heterocycles. The topological polar surface area (TPSA) is 41.5 Å². The minimum Gasteiger partial charge on any atom is -0.306 e. The average molecular weight is 287 g/mol. The number of nitrogens with zero attached hydrogens (tertiary/aromatic N) is 1. The standard InChI is InChI=1S/C12H19BrN2O/c1-12(2)6-9-11(10(16)7-12)8(14-15-9)4-3-5-13/h9,11,15H,3-7H2,1-2H3. The van der Waals surface area contributed by atoms with E-state index < -0.39 is 0 Å². The van der Waals surface area contributed by atoms with Gasteiger partial charge in [0, 0.05) is 11.8 Å². The Hall–Kier alpha value is -0.380. The number of fused-ring (bicyclic) bond motifs is 1. The number of nitrogens with one attached hydrogen (secondary N) is 1. The zero-order chi connectivity index (χ0) is 11.8. The van der Waals surface area contributed by atoms with Crippen LogP contribution in [0.25, 0.3) is 0 Å². The van der Waals surface area contributed by atoms with E-state index in [0.717, 1.165) is 30.3 Å². The Morgan fingerprint density at radius 3 is 3.00 bits per heavy atom. The maximum absolute atomic E-state index is 12.1. The van der Waals surface area contributed by atoms with Crippen molar-refractivity contribution in [2.24, 2.45) is 16.4 Å². The Labute approximate surface area is 105 Å². The van der Waals surface area contributed by atoms with Gasteiger partial charge in [-0.05, 0) is 24.7 Å². The minimum atomic E-state index is 0.0621. The summed E-state index contributed by atoms with van der Waals surface area (Å²) in [5.41, 5.74) is 4.36. The number of carbonyl (C=O) groups excluding carboxylic acids is 1. The normalized spacial score (nSPS) is 31.9. The van der Waals surface area contributed by atoms with E-state index in [1.807, 2.05) is 0 Å². The zero-order valence-corrected chi connectivity index (χ0v) is 11.5. The summed E-state index contributed by atoms with van der Waals surface area (Å²) in [6.45, 7) is 4.33. The third-order valence-electron chi connectivity index (χ3n) is 3.47. The van der Waals surface area contributed by atoms with Gasteiger partial charge in [-0.1, -0.05) is 29.8 Å². The van der Waals surface area contributed by atoms with Gasteiger partial charge in [-0.2, -0.15) is 5.10 Å². The SMILES string of the molecule is CC1(C)CC(=O)C2C(CCCBr)=NNC2C1. The molecule has 0 aromatic carbocycles. The summed E-state index contributed by atoms with van der Waals surface area (Å²) in [5, 5.41) is 5.33. The first-order valence-electron chi connectivity index (χ1n) is 5.94. The third kappa shape index (κ3) is 2.31. The van der Waals surface area contributed by atoms with E-state index in [0.29, 0.717) is 12.2 Å². The molecule has 2 rings (SSSR count). The van der Waals surface area contributed by atoms with Crippen LogP contribution >= 0.6 is 15.9 Å². The summed E-state index contributed by atoms with van der Waals surface area (Å²) in [6.07, 6.45) is 3.74. The van der Waals surface area contributed by atoms with E-state index in [2.05, 4.69) is 40.3 Å². The number of alkyl halides is 1. The second-order valence-electron chi connectivity index (χ2n) is 5.62. The van der Waals surface area contributed by atoms with Gasteiger partial charge in [-0.25, -0.2) is 0 Å². The van der Waals surface area contributed by atoms with Gasteiger partial charge in [-0.15, -0.1) is 0 Å². The van der Waals surface area contributed by atoms with Gasteiger partial charge >= 0.3 is 0 Å². The first-order chi connectivity index (χ1) is 7.53. The predicted octanol–water partition coefficient (Wildman–Crippen LogP) is 2.49. The predicted molar refractivity (Wildman–Crippen MR) is 68.9 cm³/mol. The molecule has 2 atom stereocenters. The van der Waals surface area contributed by atoms with Gasteiger partial charge < -0.3 is 5.43 Å². The molecule has 1 aliphatic carbocycles. The van der Waals surface area contributed by atoms with Crippen LogP contribution in [-0.4, -0.2) is 22.9 Å². The van der Waals surface area contributed by atoms with E-state index in [1.165, 1.54) is 0 Å². The van der Waals surface area contributed by atoms with Crippen molar-refractivity contribution in [1.29, 1.82) is 0 Å². The van der Waals surface area contributed by atoms with Crippen LogP contribution in [0, 0.1) is 11.3 Å². The number of hydrogen-bond acceptors (Lipinski definition) is 3. The van der Waals surface area contributed by atoms with Crippen molar-refractivity contribution in [2.75, 3.05) is 5.33 Å². The Morgan fingerprint density at radius 2 is 2.31 bits per heavy atom. The highest BCUT2D eigenvalue weighted by molar-refractivity contribution is 9.09. The Balaban J connectivity index is 2.06. The average Bonchev–Trinajstić information content (AvgIpc) is 2.56. The highest BCUT2D eigenvalue weighted by Gasteiger charge is 2.45. The lowest BCUT2D eigenvalue weighted by Crippen LogP contribution is -2.45. The molecular weight excluding hydrogens is 268 g/mol. The van der Waals surface area contributed by atoms with E-state index in [9.17, 15) is 4.79 Å². The molecule has 1 fully saturated rings. The van der Waals surface area contributed by atoms with Crippen molar-refractivity contribution in [1.82, 2.24) is 5.43 Å². The van der Waals surface area contributed by atoms with Crippen LogP contribution in [0.15, 0.2) is 5.10 Å². The van der Waals surface area contributed by atoms with Crippen molar-refractivity contribution in [3.63, 3.8) is 0 Å². The maximum atomic E-state index is 12.1. The fraction of sp³-hybridized carbons (Fsp3) is 0.833. The van der Waals surface area contributed by atoms with Crippen LogP contribution in [0.4, 0.5) is 0 Å². The lowest BCUT2D eigenvalue weighted by molar-refractivity contribution is -0.126. The fourth-order valence-corrected chi connectivity index (χ4v) is 3.10. The number of hydrazone groups is 1. The Kier molecular flexibility index (Phi) is 3.38. The second-order valence-corrected chi connectivity index (χ2v) is 6.41. The first kappa shape index (κ1) is 12.1. The van der Waals surface area contributed by atoms with Crippen molar-refractivity contribution in [2.45, 2.75) is 45.6 Å². The largest absolute Gasteiger partial charge is 0.306 e. The van der Waals surface area contributed by atoms with E-state index in [-0.39, 0.29) is 17.4 Å². The zero-order valence-electron chi connectivity index (χ0n) is 9.92. The molecule has 90 valence electrons. The molecule has 2 aliphatic rings. The summed E-state index contributed by atoms with van der Waals surface area (Å²) in [4.78, 5) is 12.1. The van der Waals surface area contributed by atoms with Crippen LogP contribution in [0.2, 0.25) is 0 Å². The van der Waals surface area contributed by atoms with Crippen molar-refractivity contribution < 1.29 is 4.79 Å². The number of hydrogen-bond donors (Lipinski definition) is 1. The summed E-state index contributed by atoms with van der Waals surface area (Å²) in [6, 6.07) is 0.251. The van der Waals surface area contributed by atoms with Crippen molar-refractivity contribution in [3.8, 4) is 0 Å². The number of ketones is 1. The van der Waals surface area contributed by atoms with Crippen LogP contribution in [-0.2, 0) is 4.79 Å². The number of carbonyl (C=O) groups is 1. The summed E-state index contributed by atoms with van der Waals surface area (Å²) in [7, 11) is 0. The smallest absolute Gasteiger partial charge is 0.144 e. The van der Waals surface area contributed by atoms with E-state index in [1.54, 1.807) is 0 Å². The monoisotopic (exact) mass is 286 g/mol. The van der Waals surface area contributed by atoms with Gasteiger partial charge in [0.05, 0.1) is 17.7 Å². The van der Waals surface area contributed by atoms with Gasteiger partial charge in [0.1, 0.15) is 5.78 Å². The van der Waals surface area contributed by atoms with Crippen LogP contribution in [0.3, 0.4) is 0 Å². The van der Waals surface area contributed by atoms with Crippen LogP contribution in [0.1, 0.15) is 39.5 Å². The van der Waals surface area contributed by atoms with Crippen molar-refractivity contribution >= 4 is 27.4 Å². The molecule has 0 saturated heterocycles. The molecule has 16 heavy (non-hydrogen) atoms. The molecule has 0 radical (unpaired) electrons. The summed E-state index contributed by atoms with van der Waals surface area (Å²) >= 11 is 3.42. The number of rotatable bonds is 3. The molecule has 1 heterocycles. The van der Waals surface area contributed by atoms with E-state index >= 15 is 0 Å². The molecular formula is C12H19BrN2O. The van der Waals surface area contributed by atoms with Crippen LogP contribution < -0.4 is 5.43 Å². The second kappa shape index (κ2) is 4.47. The molecule has 3 nitrogen and oxygen atoms in total. The molecule has 1 aliphatic heterocycles. The maximum Gasteiger partial charge on any atom is 0.144 e. The van der Waals surface area contributed by atoms with Gasteiger partial charge in [0.15, 0.2) is 0 Å². The third-order valence-corrected chi connectivity index (χ3v) is 4.03. The van der Waals surface area contributed by atoms with Gasteiger partial charge in [0.25, 0.3) is 0 Å². The van der Waals surface area contributed by atoms with Gasteiger partial charge in [0.2, 0.25) is 0 Å². The lowest BCUT2D eigenvalue weighted by Gasteiger charge is -2.36. The Morgan fingerprint density at radius 1 is 1.56 bits per heavy atom. The lowest BCUT2D eigenvalue weighted by atomic mass is 9.68. The molecule has 0 bridgehead atoms. The number of halogens is 1. The summed E-state index contributed by atoms with van der Waals surface area (Å²) in [5.74, 6) is 0.437. The quantitative estimate of drug-likeness (QED) is 0.810. The molecule has 1 N–H and O–H groups in total. The minimum absolute atomic E-state index is 0.0621. The summed E-state index contributed by atoms with van der Waals surface area (Å²) < 4.78 is 0. The fourth-order valence-electron chi connectivity index (χ4n) is 2.82. The molecule has 4 heteroatoms. The van der Waals surface area contributed by atoms with Crippen LogP contribution in [0.5, 0.6) is 0 Å². The van der Waals surface area contributed by atoms with E-state index in [4.69, 9.17) is 0 Å². The number of Topliss-reactive ketones (excluding diaryl/α,β-unsaturated/α-hetero) is 1. The van der Waals surface area contributed by atoms with Gasteiger partial charge in [-0.3, -0.25) is 4.79 Å². The molecule has 1 saturated carbocycles. The molecule has 0 amide bonds. The molecule has 0 spiro atoms.